The van der Waals surface area contributed by atoms with Gasteiger partial charge in [-0.3, -0.25) is 18.6 Å². The zero-order chi connectivity index (χ0) is 42.9. The Bertz CT molecular complexity index is 1210. The van der Waals surface area contributed by atoms with E-state index in [9.17, 15) is 44.6 Å². The van der Waals surface area contributed by atoms with Gasteiger partial charge < -0.3 is 39.9 Å². The maximum Gasteiger partial charge on any atom is 0.472 e. The van der Waals surface area contributed by atoms with E-state index in [-0.39, 0.29) is 12.8 Å². The van der Waals surface area contributed by atoms with Crippen molar-refractivity contribution >= 4 is 19.8 Å². The van der Waals surface area contributed by atoms with Crippen LogP contribution in [0.5, 0.6) is 0 Å². The zero-order valence-corrected chi connectivity index (χ0v) is 36.2. The predicted octanol–water partition coefficient (Wildman–Crippen LogP) is 8.00. The van der Waals surface area contributed by atoms with Crippen molar-refractivity contribution in [1.29, 1.82) is 0 Å². The average Bonchev–Trinajstić information content (AvgIpc) is 3.20. The van der Waals surface area contributed by atoms with E-state index < -0.39 is 75.7 Å². The number of phosphoric acid groups is 1. The van der Waals surface area contributed by atoms with E-state index in [2.05, 4.69) is 56.4 Å². The molecule has 0 saturated heterocycles. The van der Waals surface area contributed by atoms with Crippen molar-refractivity contribution in [1.82, 2.24) is 0 Å². The SMILES string of the molecule is CC/C=C/C/C=C/C/C=C/C/C=C/CCCCC(=O)O[C@@H](COC(=O)CCCCCCCCCCCCCCCC)COP(=O)(O)OC1C(O)C(O)C(O)[C@H](O)C1O. The Kier molecular flexibility index (Phi) is 32.0. The molecule has 58 heavy (non-hydrogen) atoms. The van der Waals surface area contributed by atoms with Gasteiger partial charge in [-0.2, -0.15) is 0 Å². The second-order valence-corrected chi connectivity index (χ2v) is 16.6. The number of unbranched alkanes of at least 4 members (excludes halogenated alkanes) is 15. The molecule has 6 unspecified atom stereocenters. The van der Waals surface area contributed by atoms with E-state index in [4.69, 9.17) is 18.5 Å². The van der Waals surface area contributed by atoms with E-state index in [1.165, 1.54) is 64.2 Å². The van der Waals surface area contributed by atoms with E-state index in [0.29, 0.717) is 12.8 Å². The smallest absolute Gasteiger partial charge is 0.462 e. The van der Waals surface area contributed by atoms with Crippen molar-refractivity contribution in [2.75, 3.05) is 13.2 Å². The lowest BCUT2D eigenvalue weighted by atomic mass is 9.85. The van der Waals surface area contributed by atoms with Crippen molar-refractivity contribution in [2.24, 2.45) is 0 Å². The zero-order valence-electron chi connectivity index (χ0n) is 35.3. The third kappa shape index (κ3) is 26.8. The van der Waals surface area contributed by atoms with Gasteiger partial charge in [0.05, 0.1) is 6.61 Å². The van der Waals surface area contributed by atoms with Gasteiger partial charge in [0.15, 0.2) is 6.10 Å². The Morgan fingerprint density at radius 2 is 0.983 bits per heavy atom. The highest BCUT2D eigenvalue weighted by atomic mass is 31.2. The second kappa shape index (κ2) is 34.5. The third-order valence-corrected chi connectivity index (χ3v) is 10.9. The van der Waals surface area contributed by atoms with Gasteiger partial charge in [-0.05, 0) is 51.4 Å². The molecule has 1 aliphatic rings. The van der Waals surface area contributed by atoms with Crippen molar-refractivity contribution < 1.29 is 63.1 Å². The van der Waals surface area contributed by atoms with Gasteiger partial charge in [0.2, 0.25) is 0 Å². The van der Waals surface area contributed by atoms with Crippen LogP contribution in [-0.4, -0.2) is 98.3 Å². The summed E-state index contributed by atoms with van der Waals surface area (Å²) < 4.78 is 33.4. The van der Waals surface area contributed by atoms with Gasteiger partial charge in [-0.25, -0.2) is 4.57 Å². The highest BCUT2D eigenvalue weighted by molar-refractivity contribution is 7.47. The molecule has 8 atom stereocenters. The van der Waals surface area contributed by atoms with Crippen LogP contribution in [0.4, 0.5) is 0 Å². The molecule has 1 rings (SSSR count). The van der Waals surface area contributed by atoms with Gasteiger partial charge in [0, 0.05) is 12.8 Å². The number of hydrogen-bond donors (Lipinski definition) is 6. The van der Waals surface area contributed by atoms with E-state index >= 15 is 0 Å². The molecule has 6 N–H and O–H groups in total. The quantitative estimate of drug-likeness (QED) is 0.0155. The fourth-order valence-electron chi connectivity index (χ4n) is 6.40. The second-order valence-electron chi connectivity index (χ2n) is 15.2. The van der Waals surface area contributed by atoms with Crippen LogP contribution in [0.2, 0.25) is 0 Å². The summed E-state index contributed by atoms with van der Waals surface area (Å²) >= 11 is 0. The van der Waals surface area contributed by atoms with Crippen LogP contribution in [0.3, 0.4) is 0 Å². The number of carbonyl (C=O) groups is 2. The molecule has 0 bridgehead atoms. The lowest BCUT2D eigenvalue weighted by Crippen LogP contribution is -2.64. The molecule has 336 valence electrons. The Morgan fingerprint density at radius 3 is 1.50 bits per heavy atom. The third-order valence-electron chi connectivity index (χ3n) is 9.93. The van der Waals surface area contributed by atoms with Crippen LogP contribution in [0.1, 0.15) is 162 Å². The van der Waals surface area contributed by atoms with Gasteiger partial charge >= 0.3 is 19.8 Å². The summed E-state index contributed by atoms with van der Waals surface area (Å²) in [7, 11) is -5.13. The molecule has 0 aromatic carbocycles. The maximum absolute atomic E-state index is 12.8. The normalized spacial score (nSPS) is 23.0. The summed E-state index contributed by atoms with van der Waals surface area (Å²) in [5.74, 6) is -1.15. The molecule has 14 heteroatoms. The average molecular weight is 845 g/mol. The number of carbonyl (C=O) groups excluding carboxylic acids is 2. The first-order chi connectivity index (χ1) is 27.9. The molecule has 1 fully saturated rings. The van der Waals surface area contributed by atoms with Crippen LogP contribution >= 0.6 is 7.82 Å². The number of allylic oxidation sites excluding steroid dienone is 8. The molecule has 0 aromatic rings. The number of hydrogen-bond acceptors (Lipinski definition) is 12. The fraction of sp³-hybridized carbons (Fsp3) is 0.773. The van der Waals surface area contributed by atoms with Crippen molar-refractivity contribution in [3.8, 4) is 0 Å². The number of esters is 2. The largest absolute Gasteiger partial charge is 0.472 e. The Labute approximate surface area is 348 Å². The first-order valence-electron chi connectivity index (χ1n) is 21.9. The Balaban J connectivity index is 2.52. The van der Waals surface area contributed by atoms with Crippen molar-refractivity contribution in [3.63, 3.8) is 0 Å². The fourth-order valence-corrected chi connectivity index (χ4v) is 7.37. The summed E-state index contributed by atoms with van der Waals surface area (Å²) in [6, 6.07) is 0. The molecule has 0 aliphatic heterocycles. The summed E-state index contributed by atoms with van der Waals surface area (Å²) in [6.45, 7) is 3.14. The number of rotatable bonds is 35. The molecule has 1 saturated carbocycles. The highest BCUT2D eigenvalue weighted by Gasteiger charge is 2.51. The lowest BCUT2D eigenvalue weighted by Gasteiger charge is -2.41. The number of aliphatic hydroxyl groups is 5. The summed E-state index contributed by atoms with van der Waals surface area (Å²) in [4.78, 5) is 35.6. The van der Waals surface area contributed by atoms with E-state index in [1.54, 1.807) is 0 Å². The maximum atomic E-state index is 12.8. The molecule has 0 radical (unpaired) electrons. The molecule has 0 amide bonds. The Morgan fingerprint density at radius 1 is 0.552 bits per heavy atom. The first-order valence-corrected chi connectivity index (χ1v) is 23.4. The summed E-state index contributed by atoms with van der Waals surface area (Å²) in [5, 5.41) is 50.1. The first kappa shape index (κ1) is 53.8. The minimum atomic E-state index is -5.13. The highest BCUT2D eigenvalue weighted by Crippen LogP contribution is 2.47. The minimum Gasteiger partial charge on any atom is -0.462 e. The van der Waals surface area contributed by atoms with Crippen LogP contribution in [0, 0.1) is 0 Å². The predicted molar refractivity (Wildman–Crippen MR) is 226 cm³/mol. The van der Waals surface area contributed by atoms with Crippen LogP contribution in [0.25, 0.3) is 0 Å². The lowest BCUT2D eigenvalue weighted by molar-refractivity contribution is -0.220. The summed E-state index contributed by atoms with van der Waals surface area (Å²) in [6.07, 6.45) is 26.0. The van der Waals surface area contributed by atoms with Crippen molar-refractivity contribution in [2.45, 2.75) is 204 Å². The monoisotopic (exact) mass is 845 g/mol. The number of phosphoric ester groups is 1. The molecule has 13 nitrogen and oxygen atoms in total. The van der Waals surface area contributed by atoms with Gasteiger partial charge in [-0.15, -0.1) is 0 Å². The van der Waals surface area contributed by atoms with E-state index in [0.717, 1.165) is 57.8 Å². The molecule has 0 heterocycles. The number of aliphatic hydroxyl groups excluding tert-OH is 5. The van der Waals surface area contributed by atoms with Crippen molar-refractivity contribution in [3.05, 3.63) is 48.6 Å². The molecule has 0 spiro atoms. The van der Waals surface area contributed by atoms with Gasteiger partial charge in [-0.1, -0.05) is 146 Å². The van der Waals surface area contributed by atoms with Crippen LogP contribution in [0.15, 0.2) is 48.6 Å². The Hall–Kier alpha value is -2.19. The molecular weight excluding hydrogens is 767 g/mol. The molecule has 1 aliphatic carbocycles. The topological polar surface area (TPSA) is 210 Å². The van der Waals surface area contributed by atoms with E-state index in [1.807, 2.05) is 6.08 Å². The van der Waals surface area contributed by atoms with Gasteiger partial charge in [0.25, 0.3) is 0 Å². The number of ether oxygens (including phenoxy) is 2. The molecular formula is C44H77O13P. The van der Waals surface area contributed by atoms with Crippen LogP contribution < -0.4 is 0 Å². The van der Waals surface area contributed by atoms with Gasteiger partial charge in [0.1, 0.15) is 43.2 Å². The molecule has 0 aromatic heterocycles. The standard InChI is InChI=1S/C44H77O13P/c1-3-5-7-9-11-13-15-17-19-21-23-25-27-29-31-33-38(46)56-36(35-55-58(52,53)57-44-42(50)40(48)39(47)41(49)43(44)51)34-54-37(45)32-30-28-26-24-22-20-18-16-14-12-10-8-6-4-2/h5,7,11,13,17,19,23,25,36,39-44,47-51H,3-4,6,8-10,12,14-16,18,20-22,24,26-35H2,1-2H3,(H,52,53)/b7-5+,13-11+,19-17+,25-23+/t36-,39?,40-,41?,42?,43?,44?/m0/s1. The summed E-state index contributed by atoms with van der Waals surface area (Å²) in [5.41, 5.74) is 0. The van der Waals surface area contributed by atoms with Crippen LogP contribution in [-0.2, 0) is 32.7 Å². The minimum absolute atomic E-state index is 0.0445.